The molecule has 0 aliphatic rings. The van der Waals surface area contributed by atoms with Crippen molar-refractivity contribution in [2.45, 2.75) is 16.6 Å². The number of nitrogens with zero attached hydrogens (tertiary/aromatic N) is 2. The zero-order valence-corrected chi connectivity index (χ0v) is 17.0. The third kappa shape index (κ3) is 5.79. The first-order chi connectivity index (χ1) is 14.7. The van der Waals surface area contributed by atoms with Crippen molar-refractivity contribution >= 4 is 27.2 Å². The number of ether oxygens (including phenoxy) is 1. The van der Waals surface area contributed by atoms with Crippen LogP contribution in [0.3, 0.4) is 0 Å². The maximum Gasteiger partial charge on any atom is 0.573 e. The van der Waals surface area contributed by atoms with Gasteiger partial charge in [-0.3, -0.25) is 4.79 Å². The Balaban J connectivity index is 1.72. The number of hydrogen-bond donors (Lipinski definition) is 0. The third-order valence-electron chi connectivity index (χ3n) is 3.87. The van der Waals surface area contributed by atoms with Crippen LogP contribution in [0.4, 0.5) is 22.0 Å². The molecule has 1 heterocycles. The Morgan fingerprint density at radius 1 is 1.00 bits per heavy atom. The van der Waals surface area contributed by atoms with Gasteiger partial charge in [-0.2, -0.15) is 13.8 Å². The van der Waals surface area contributed by atoms with E-state index in [0.717, 1.165) is 24.3 Å². The molecule has 0 spiro atoms. The third-order valence-corrected chi connectivity index (χ3v) is 5.67. The number of halogens is 6. The van der Waals surface area contributed by atoms with Crippen molar-refractivity contribution < 1.29 is 44.4 Å². The van der Waals surface area contributed by atoms with Crippen LogP contribution in [0.5, 0.6) is 5.75 Å². The summed E-state index contributed by atoms with van der Waals surface area (Å²) in [7, 11) is -4.17. The van der Waals surface area contributed by atoms with E-state index in [9.17, 15) is 35.2 Å². The number of Topliss-reactive ketones (excluding diaryl/α,β-unsaturated/α-hetero) is 1. The molecule has 2 aromatic carbocycles. The molecule has 0 fully saturated rings. The van der Waals surface area contributed by atoms with E-state index in [1.54, 1.807) is 0 Å². The number of alkyl halides is 6. The summed E-state index contributed by atoms with van der Waals surface area (Å²) in [4.78, 5) is 15.4. The molecular formula is C18H10ClF5N2O5S. The summed E-state index contributed by atoms with van der Waals surface area (Å²) in [5.41, 5.74) is 0.168. The van der Waals surface area contributed by atoms with Crippen molar-refractivity contribution in [3.05, 3.63) is 60.0 Å². The van der Waals surface area contributed by atoms with Crippen LogP contribution >= 0.6 is 11.6 Å². The van der Waals surface area contributed by atoms with Crippen LogP contribution in [0, 0.1) is 0 Å². The lowest BCUT2D eigenvalue weighted by Gasteiger charge is -2.09. The zero-order valence-electron chi connectivity index (χ0n) is 15.4. The Morgan fingerprint density at radius 2 is 1.59 bits per heavy atom. The summed E-state index contributed by atoms with van der Waals surface area (Å²) in [6.45, 7) is 0. The van der Waals surface area contributed by atoms with Gasteiger partial charge in [0.2, 0.25) is 5.82 Å². The fourth-order valence-electron chi connectivity index (χ4n) is 2.45. The van der Waals surface area contributed by atoms with E-state index < -0.39 is 44.8 Å². The van der Waals surface area contributed by atoms with Gasteiger partial charge in [0.15, 0.2) is 15.6 Å². The van der Waals surface area contributed by atoms with Gasteiger partial charge < -0.3 is 9.26 Å². The lowest BCUT2D eigenvalue weighted by atomic mass is 10.1. The van der Waals surface area contributed by atoms with Gasteiger partial charge in [0, 0.05) is 11.1 Å². The van der Waals surface area contributed by atoms with Crippen LogP contribution in [0.15, 0.2) is 57.9 Å². The standard InChI is InChI=1S/C18H10ClF5N2O5S/c19-17(20,21)16-25-15(26-31-16)11-3-1-10(2-4-11)14(27)9-32(28,29)13-7-5-12(6-8-13)30-18(22,23)24/h1-8H,9H2. The summed E-state index contributed by atoms with van der Waals surface area (Å²) in [6, 6.07) is 8.39. The number of rotatable bonds is 7. The average Bonchev–Trinajstić information content (AvgIpc) is 3.18. The maximum atomic E-state index is 13.0. The first-order valence-electron chi connectivity index (χ1n) is 8.38. The minimum Gasteiger partial charge on any atom is -0.406 e. The molecule has 3 aromatic rings. The molecule has 0 amide bonds. The van der Waals surface area contributed by atoms with Crippen molar-refractivity contribution in [2.24, 2.45) is 0 Å². The molecule has 0 unspecified atom stereocenters. The second-order valence-electron chi connectivity index (χ2n) is 6.20. The van der Waals surface area contributed by atoms with E-state index in [-0.39, 0.29) is 21.8 Å². The van der Waals surface area contributed by atoms with E-state index >= 15 is 0 Å². The van der Waals surface area contributed by atoms with Gasteiger partial charge in [0.25, 0.3) is 0 Å². The van der Waals surface area contributed by atoms with E-state index in [0.29, 0.717) is 0 Å². The highest BCUT2D eigenvalue weighted by atomic mass is 35.5. The highest BCUT2D eigenvalue weighted by Crippen LogP contribution is 2.32. The predicted octanol–water partition coefficient (Wildman–Crippen LogP) is 4.58. The number of hydrogen-bond acceptors (Lipinski definition) is 7. The molecule has 170 valence electrons. The number of aromatic nitrogens is 2. The molecule has 7 nitrogen and oxygen atoms in total. The Morgan fingerprint density at radius 3 is 2.09 bits per heavy atom. The van der Waals surface area contributed by atoms with Crippen LogP contribution in [0.1, 0.15) is 16.2 Å². The summed E-state index contributed by atoms with van der Waals surface area (Å²) < 4.78 is 95.3. The van der Waals surface area contributed by atoms with E-state index in [1.165, 1.54) is 24.3 Å². The number of sulfone groups is 1. The highest BCUT2D eigenvalue weighted by Gasteiger charge is 2.35. The smallest absolute Gasteiger partial charge is 0.406 e. The van der Waals surface area contributed by atoms with Crippen molar-refractivity contribution in [3.63, 3.8) is 0 Å². The zero-order chi connectivity index (χ0) is 23.7. The molecular weight excluding hydrogens is 487 g/mol. The molecule has 0 aliphatic heterocycles. The van der Waals surface area contributed by atoms with Crippen LogP contribution in [0.2, 0.25) is 0 Å². The maximum absolute atomic E-state index is 13.0. The van der Waals surface area contributed by atoms with Gasteiger partial charge in [0.1, 0.15) is 11.5 Å². The van der Waals surface area contributed by atoms with Crippen molar-refractivity contribution in [1.82, 2.24) is 10.1 Å². The fourth-order valence-corrected chi connectivity index (χ4v) is 3.75. The van der Waals surface area contributed by atoms with Gasteiger partial charge in [-0.15, -0.1) is 13.2 Å². The number of carbonyl (C=O) groups excluding carboxylic acids is 1. The number of carbonyl (C=O) groups is 1. The number of benzene rings is 2. The molecule has 14 heteroatoms. The van der Waals surface area contributed by atoms with Crippen LogP contribution < -0.4 is 4.74 Å². The van der Waals surface area contributed by atoms with Crippen LogP contribution in [0.25, 0.3) is 11.4 Å². The average molecular weight is 497 g/mol. The SMILES string of the molecule is O=C(CS(=O)(=O)c1ccc(OC(F)(F)F)cc1)c1ccc(-c2noc(C(F)(F)Cl)n2)cc1. The normalized spacial score (nSPS) is 12.6. The monoisotopic (exact) mass is 496 g/mol. The van der Waals surface area contributed by atoms with Gasteiger partial charge in [-0.1, -0.05) is 29.4 Å². The van der Waals surface area contributed by atoms with Gasteiger partial charge in [-0.05, 0) is 35.9 Å². The first kappa shape index (κ1) is 23.6. The highest BCUT2D eigenvalue weighted by molar-refractivity contribution is 7.92. The van der Waals surface area contributed by atoms with Gasteiger partial charge in [-0.25, -0.2) is 8.42 Å². The van der Waals surface area contributed by atoms with Crippen molar-refractivity contribution in [3.8, 4) is 17.1 Å². The van der Waals surface area contributed by atoms with Gasteiger partial charge >= 0.3 is 17.6 Å². The van der Waals surface area contributed by atoms with Crippen molar-refractivity contribution in [1.29, 1.82) is 0 Å². The lowest BCUT2D eigenvalue weighted by molar-refractivity contribution is -0.274. The molecule has 32 heavy (non-hydrogen) atoms. The summed E-state index contributed by atoms with van der Waals surface area (Å²) in [5.74, 6) is -3.74. The Hall–Kier alpha value is -3.06. The molecule has 0 atom stereocenters. The Labute approximate surface area is 181 Å². The summed E-state index contributed by atoms with van der Waals surface area (Å²) >= 11 is 4.79. The summed E-state index contributed by atoms with van der Waals surface area (Å²) in [5, 5.41) is -0.511. The topological polar surface area (TPSA) is 99.4 Å². The molecule has 0 aliphatic carbocycles. The van der Waals surface area contributed by atoms with Crippen LogP contribution in [-0.2, 0) is 15.2 Å². The summed E-state index contributed by atoms with van der Waals surface area (Å²) in [6.07, 6.45) is -4.93. The lowest BCUT2D eigenvalue weighted by Crippen LogP contribution is -2.18. The molecule has 0 radical (unpaired) electrons. The number of ketones is 1. The fraction of sp³-hybridized carbons (Fsp3) is 0.167. The van der Waals surface area contributed by atoms with E-state index in [4.69, 9.17) is 11.6 Å². The van der Waals surface area contributed by atoms with E-state index in [2.05, 4.69) is 19.4 Å². The molecule has 0 saturated heterocycles. The molecule has 1 aromatic heterocycles. The quantitative estimate of drug-likeness (QED) is 0.268. The minimum absolute atomic E-state index is 0.0271. The van der Waals surface area contributed by atoms with E-state index in [1.807, 2.05) is 0 Å². The molecule has 0 saturated carbocycles. The van der Waals surface area contributed by atoms with Gasteiger partial charge in [0.05, 0.1) is 4.90 Å². The Bertz CT molecular complexity index is 1220. The Kier molecular flexibility index (Phi) is 6.24. The second-order valence-corrected chi connectivity index (χ2v) is 8.66. The largest absolute Gasteiger partial charge is 0.573 e. The second kappa shape index (κ2) is 8.47. The predicted molar refractivity (Wildman–Crippen MR) is 99.0 cm³/mol. The molecule has 3 rings (SSSR count). The first-order valence-corrected chi connectivity index (χ1v) is 10.4. The van der Waals surface area contributed by atoms with Crippen LogP contribution in [-0.4, -0.2) is 36.5 Å². The molecule has 0 bridgehead atoms. The van der Waals surface area contributed by atoms with Crippen molar-refractivity contribution in [2.75, 3.05) is 5.75 Å². The minimum atomic E-state index is -4.93. The molecule has 0 N–H and O–H groups in total.